The molecule has 4 N–H and O–H groups in total. The molecule has 0 aliphatic rings. The number of nitrogens with zero attached hydrogens (tertiary/aromatic N) is 2. The zero-order chi connectivity index (χ0) is 29.3. The highest BCUT2D eigenvalue weighted by Gasteiger charge is 2.46. The first kappa shape index (κ1) is 30.6. The maximum Gasteiger partial charge on any atom is 0.516 e. The van der Waals surface area contributed by atoms with Crippen molar-refractivity contribution >= 4 is 27.5 Å². The SMILES string of the molecule is CCCCc1ncc(C(=O)NC(CC(=O)NO)Cc2ccccc2)n1Cc1ccc(NS(=O)(=O)C(F)(F)F)cc1. The zero-order valence-electron chi connectivity index (χ0n) is 21.6. The lowest BCUT2D eigenvalue weighted by molar-refractivity contribution is -0.129. The van der Waals surface area contributed by atoms with Crippen LogP contribution in [0.15, 0.2) is 60.8 Å². The predicted octanol–water partition coefficient (Wildman–Crippen LogP) is 3.77. The van der Waals surface area contributed by atoms with Crippen molar-refractivity contribution < 1.29 is 36.4 Å². The van der Waals surface area contributed by atoms with Crippen LogP contribution in [0, 0.1) is 0 Å². The minimum Gasteiger partial charge on any atom is -0.347 e. The monoisotopic (exact) mass is 581 g/mol. The molecule has 0 aliphatic heterocycles. The first-order valence-electron chi connectivity index (χ1n) is 12.4. The van der Waals surface area contributed by atoms with Crippen LogP contribution in [0.4, 0.5) is 18.9 Å². The molecule has 2 amide bonds. The highest BCUT2D eigenvalue weighted by molar-refractivity contribution is 7.93. The van der Waals surface area contributed by atoms with Crippen LogP contribution in [-0.2, 0) is 34.2 Å². The van der Waals surface area contributed by atoms with Crippen LogP contribution < -0.4 is 15.5 Å². The normalized spacial score (nSPS) is 12.5. The Hall–Kier alpha value is -3.91. The first-order chi connectivity index (χ1) is 18.9. The van der Waals surface area contributed by atoms with Crippen LogP contribution >= 0.6 is 0 Å². The molecule has 40 heavy (non-hydrogen) atoms. The van der Waals surface area contributed by atoms with Crippen LogP contribution in [0.25, 0.3) is 0 Å². The fraction of sp³-hybridized carbons (Fsp3) is 0.346. The number of hydrogen-bond acceptors (Lipinski definition) is 6. The number of unbranched alkanes of at least 4 members (excludes halogenated alkanes) is 1. The van der Waals surface area contributed by atoms with Gasteiger partial charge in [0.25, 0.3) is 5.91 Å². The fourth-order valence-electron chi connectivity index (χ4n) is 3.98. The van der Waals surface area contributed by atoms with Crippen LogP contribution in [0.3, 0.4) is 0 Å². The molecule has 1 aromatic heterocycles. The number of rotatable bonds is 13. The van der Waals surface area contributed by atoms with E-state index < -0.39 is 33.4 Å². The number of carbonyl (C=O) groups is 2. The number of amides is 2. The fourth-order valence-corrected chi connectivity index (χ4v) is 4.54. The van der Waals surface area contributed by atoms with Crippen molar-refractivity contribution in [3.05, 3.63) is 83.4 Å². The summed E-state index contributed by atoms with van der Waals surface area (Å²) in [4.78, 5) is 29.7. The van der Waals surface area contributed by atoms with Crippen molar-refractivity contribution in [2.75, 3.05) is 4.72 Å². The highest BCUT2D eigenvalue weighted by Crippen LogP contribution is 2.25. The van der Waals surface area contributed by atoms with Crippen LogP contribution in [-0.4, -0.2) is 46.5 Å². The second-order valence-electron chi connectivity index (χ2n) is 9.10. The van der Waals surface area contributed by atoms with Gasteiger partial charge in [0.15, 0.2) is 0 Å². The van der Waals surface area contributed by atoms with Gasteiger partial charge in [0, 0.05) is 31.1 Å². The number of imidazole rings is 1. The lowest BCUT2D eigenvalue weighted by Crippen LogP contribution is -2.41. The molecule has 10 nitrogen and oxygen atoms in total. The number of alkyl halides is 3. The van der Waals surface area contributed by atoms with E-state index in [0.29, 0.717) is 24.2 Å². The average molecular weight is 582 g/mol. The number of carbonyl (C=O) groups excluding carboxylic acids is 2. The Morgan fingerprint density at radius 3 is 2.33 bits per heavy atom. The lowest BCUT2D eigenvalue weighted by atomic mass is 10.0. The van der Waals surface area contributed by atoms with Gasteiger partial charge in [0.1, 0.15) is 11.5 Å². The van der Waals surface area contributed by atoms with Gasteiger partial charge in [-0.2, -0.15) is 21.6 Å². The van der Waals surface area contributed by atoms with Crippen molar-refractivity contribution in [1.82, 2.24) is 20.3 Å². The predicted molar refractivity (Wildman–Crippen MR) is 141 cm³/mol. The molecule has 14 heteroatoms. The Balaban J connectivity index is 1.83. The minimum atomic E-state index is -5.56. The van der Waals surface area contributed by atoms with Crippen molar-refractivity contribution in [3.63, 3.8) is 0 Å². The summed E-state index contributed by atoms with van der Waals surface area (Å²) in [6.07, 6.45) is 3.79. The third-order valence-electron chi connectivity index (χ3n) is 5.99. The summed E-state index contributed by atoms with van der Waals surface area (Å²) in [6, 6.07) is 13.8. The number of sulfonamides is 1. The zero-order valence-corrected chi connectivity index (χ0v) is 22.4. The number of nitrogens with one attached hydrogen (secondary N) is 3. The number of hydrogen-bond donors (Lipinski definition) is 4. The Kier molecular flexibility index (Phi) is 10.3. The molecule has 0 bridgehead atoms. The van der Waals surface area contributed by atoms with Gasteiger partial charge in [-0.3, -0.25) is 19.5 Å². The molecule has 0 aliphatic carbocycles. The Bertz CT molecular complexity index is 1390. The van der Waals surface area contributed by atoms with Crippen molar-refractivity contribution in [1.29, 1.82) is 0 Å². The molecule has 3 rings (SSSR count). The smallest absolute Gasteiger partial charge is 0.347 e. The maximum absolute atomic E-state index is 13.4. The molecular weight excluding hydrogens is 551 g/mol. The summed E-state index contributed by atoms with van der Waals surface area (Å²) < 4.78 is 64.0. The van der Waals surface area contributed by atoms with E-state index in [4.69, 9.17) is 5.21 Å². The van der Waals surface area contributed by atoms with Gasteiger partial charge in [-0.1, -0.05) is 55.8 Å². The van der Waals surface area contributed by atoms with Gasteiger partial charge >= 0.3 is 15.5 Å². The summed E-state index contributed by atoms with van der Waals surface area (Å²) in [7, 11) is -5.56. The summed E-state index contributed by atoms with van der Waals surface area (Å²) in [5.74, 6) is -0.558. The number of aromatic nitrogens is 2. The molecule has 1 heterocycles. The molecule has 0 spiro atoms. The van der Waals surface area contributed by atoms with Gasteiger partial charge in [0.2, 0.25) is 5.91 Å². The number of benzene rings is 2. The van der Waals surface area contributed by atoms with Crippen molar-refractivity contribution in [3.8, 4) is 0 Å². The Labute approximate surface area is 229 Å². The molecule has 0 radical (unpaired) electrons. The molecule has 1 unspecified atom stereocenters. The van der Waals surface area contributed by atoms with Crippen molar-refractivity contribution in [2.45, 2.75) is 57.1 Å². The molecule has 1 atom stereocenters. The van der Waals surface area contributed by atoms with E-state index in [1.165, 1.54) is 35.2 Å². The van der Waals surface area contributed by atoms with E-state index in [-0.39, 0.29) is 24.3 Å². The summed E-state index contributed by atoms with van der Waals surface area (Å²) in [5, 5.41) is 11.8. The van der Waals surface area contributed by atoms with E-state index in [9.17, 15) is 31.2 Å². The number of anilines is 1. The number of aryl methyl sites for hydroxylation is 1. The minimum absolute atomic E-state index is 0.134. The van der Waals surface area contributed by atoms with E-state index >= 15 is 0 Å². The molecule has 0 saturated carbocycles. The van der Waals surface area contributed by atoms with Gasteiger partial charge in [-0.15, -0.1) is 0 Å². The topological polar surface area (TPSA) is 142 Å². The third kappa shape index (κ3) is 8.29. The Morgan fingerprint density at radius 1 is 1.05 bits per heavy atom. The third-order valence-corrected chi connectivity index (χ3v) is 7.11. The Morgan fingerprint density at radius 2 is 1.73 bits per heavy atom. The molecule has 0 saturated heterocycles. The second-order valence-corrected chi connectivity index (χ2v) is 10.8. The molecule has 216 valence electrons. The summed E-state index contributed by atoms with van der Waals surface area (Å²) in [6.45, 7) is 2.14. The van der Waals surface area contributed by atoms with E-state index in [1.807, 2.05) is 37.3 Å². The molecule has 2 aromatic carbocycles. The van der Waals surface area contributed by atoms with Crippen molar-refractivity contribution in [2.24, 2.45) is 0 Å². The molecule has 0 fully saturated rings. The largest absolute Gasteiger partial charge is 0.516 e. The van der Waals surface area contributed by atoms with Gasteiger partial charge in [-0.05, 0) is 36.1 Å². The average Bonchev–Trinajstić information content (AvgIpc) is 3.30. The molecule has 3 aromatic rings. The molecular formula is C26H30F3N5O5S. The first-order valence-corrected chi connectivity index (χ1v) is 13.9. The van der Waals surface area contributed by atoms with E-state index in [1.54, 1.807) is 10.0 Å². The summed E-state index contributed by atoms with van der Waals surface area (Å²) >= 11 is 0. The number of halogens is 3. The van der Waals surface area contributed by atoms with E-state index in [0.717, 1.165) is 18.4 Å². The maximum atomic E-state index is 13.4. The second kappa shape index (κ2) is 13.4. The van der Waals surface area contributed by atoms with E-state index in [2.05, 4.69) is 10.3 Å². The summed E-state index contributed by atoms with van der Waals surface area (Å²) in [5.41, 5.74) is -2.47. The van der Waals surface area contributed by atoms with Crippen LogP contribution in [0.2, 0.25) is 0 Å². The van der Waals surface area contributed by atoms with Crippen LogP contribution in [0.5, 0.6) is 0 Å². The van der Waals surface area contributed by atoms with Gasteiger partial charge in [0.05, 0.1) is 6.20 Å². The standard InChI is InChI=1S/C26H30F3N5O5S/c1-2-3-9-23-30-16-22(25(36)31-21(15-24(35)32-37)14-18-7-5-4-6-8-18)34(23)17-19-10-12-20(13-11-19)33-40(38,39)26(27,28)29/h4-8,10-13,16,21,33,37H,2-3,9,14-15,17H2,1H3,(H,31,36)(H,32,35). The van der Waals surface area contributed by atoms with Gasteiger partial charge < -0.3 is 9.88 Å². The van der Waals surface area contributed by atoms with Crippen LogP contribution in [0.1, 0.15) is 53.6 Å². The highest BCUT2D eigenvalue weighted by atomic mass is 32.2. The quantitative estimate of drug-likeness (QED) is 0.179. The van der Waals surface area contributed by atoms with Gasteiger partial charge in [-0.25, -0.2) is 10.5 Å². The lowest BCUT2D eigenvalue weighted by Gasteiger charge is -2.19. The number of hydroxylamine groups is 1.